The zero-order valence-electron chi connectivity index (χ0n) is 16.7. The number of nitrogens with zero attached hydrogens (tertiary/aromatic N) is 2. The Hall–Kier alpha value is -2.58. The molecule has 1 aromatic rings. The van der Waals surface area contributed by atoms with E-state index in [2.05, 4.69) is 11.4 Å². The average Bonchev–Trinajstić information content (AvgIpc) is 2.73. The van der Waals surface area contributed by atoms with Gasteiger partial charge in [0.2, 0.25) is 5.91 Å². The topological polar surface area (TPSA) is 75.5 Å². The van der Waals surface area contributed by atoms with Crippen molar-refractivity contribution in [1.82, 2.24) is 5.32 Å². The third-order valence-electron chi connectivity index (χ3n) is 5.84. The Bertz CT molecular complexity index is 815. The van der Waals surface area contributed by atoms with Crippen molar-refractivity contribution in [3.05, 3.63) is 45.5 Å². The fourth-order valence-corrected chi connectivity index (χ4v) is 4.12. The van der Waals surface area contributed by atoms with Crippen LogP contribution in [0.25, 0.3) is 0 Å². The number of anilines is 1. The normalized spacial score (nSPS) is 18.1. The van der Waals surface area contributed by atoms with Gasteiger partial charge in [-0.25, -0.2) is 0 Å². The number of halogens is 3. The largest absolute Gasteiger partial charge is 0.416 e. The number of rotatable bonds is 6. The van der Waals surface area contributed by atoms with Gasteiger partial charge in [0.05, 0.1) is 10.5 Å². The van der Waals surface area contributed by atoms with Crippen LogP contribution in [-0.4, -0.2) is 30.5 Å². The molecule has 6 nitrogen and oxygen atoms in total. The van der Waals surface area contributed by atoms with Gasteiger partial charge in [0, 0.05) is 31.6 Å². The summed E-state index contributed by atoms with van der Waals surface area (Å²) >= 11 is 0. The standard InChI is InChI=1S/C21H26F3N3O3/c22-21(23,24)17-6-7-18(19(14-17)27(29)30)26-12-9-16(10-13-26)20(28)25-11-8-15-4-2-1-3-5-15/h4,6-7,14,16H,1-3,5,8-13H2,(H,25,28). The maximum atomic E-state index is 12.9. The number of nitrogens with one attached hydrogen (secondary N) is 1. The summed E-state index contributed by atoms with van der Waals surface area (Å²) in [5, 5.41) is 14.3. The lowest BCUT2D eigenvalue weighted by Gasteiger charge is -2.32. The summed E-state index contributed by atoms with van der Waals surface area (Å²) in [5.74, 6) is -0.205. The molecule has 1 amide bonds. The Morgan fingerprint density at radius 2 is 1.97 bits per heavy atom. The molecule has 1 N–H and O–H groups in total. The summed E-state index contributed by atoms with van der Waals surface area (Å²) < 4.78 is 38.6. The summed E-state index contributed by atoms with van der Waals surface area (Å²) in [6.07, 6.45) is 4.13. The van der Waals surface area contributed by atoms with Gasteiger partial charge in [-0.05, 0) is 57.1 Å². The summed E-state index contributed by atoms with van der Waals surface area (Å²) in [5.41, 5.74) is -0.0455. The number of amides is 1. The number of carbonyl (C=O) groups is 1. The summed E-state index contributed by atoms with van der Waals surface area (Å²) in [6.45, 7) is 1.38. The van der Waals surface area contributed by atoms with Crippen LogP contribution in [0.4, 0.5) is 24.5 Å². The van der Waals surface area contributed by atoms with Gasteiger partial charge in [0.15, 0.2) is 0 Å². The van der Waals surface area contributed by atoms with E-state index in [1.165, 1.54) is 18.4 Å². The second kappa shape index (κ2) is 9.49. The van der Waals surface area contributed by atoms with E-state index in [9.17, 15) is 28.1 Å². The minimum Gasteiger partial charge on any atom is -0.366 e. The number of hydrogen-bond acceptors (Lipinski definition) is 4. The SMILES string of the molecule is O=C(NCCC1=CCCCC1)C1CCN(c2ccc(C(F)(F)F)cc2[N+](=O)[O-])CC1. The maximum Gasteiger partial charge on any atom is 0.416 e. The predicted molar refractivity (Wildman–Crippen MR) is 107 cm³/mol. The van der Waals surface area contributed by atoms with Crippen molar-refractivity contribution >= 4 is 17.3 Å². The Morgan fingerprint density at radius 3 is 2.57 bits per heavy atom. The zero-order valence-corrected chi connectivity index (χ0v) is 16.7. The first-order valence-electron chi connectivity index (χ1n) is 10.3. The molecule has 2 aliphatic rings. The van der Waals surface area contributed by atoms with Gasteiger partial charge in [-0.1, -0.05) is 11.6 Å². The molecule has 1 aliphatic heterocycles. The Balaban J connectivity index is 1.55. The second-order valence-electron chi connectivity index (χ2n) is 7.87. The minimum absolute atomic E-state index is 0.0204. The van der Waals surface area contributed by atoms with Crippen molar-refractivity contribution in [3.8, 4) is 0 Å². The molecule has 1 aromatic carbocycles. The van der Waals surface area contributed by atoms with Gasteiger partial charge < -0.3 is 10.2 Å². The molecular formula is C21H26F3N3O3. The van der Waals surface area contributed by atoms with Crippen LogP contribution in [0.3, 0.4) is 0 Å². The Morgan fingerprint density at radius 1 is 1.23 bits per heavy atom. The molecular weight excluding hydrogens is 399 g/mol. The molecule has 3 rings (SSSR count). The molecule has 164 valence electrons. The van der Waals surface area contributed by atoms with Crippen LogP contribution in [-0.2, 0) is 11.0 Å². The number of benzene rings is 1. The molecule has 0 radical (unpaired) electrons. The van der Waals surface area contributed by atoms with Gasteiger partial charge in [-0.15, -0.1) is 0 Å². The molecule has 1 saturated heterocycles. The quantitative estimate of drug-likeness (QED) is 0.402. The minimum atomic E-state index is -4.64. The molecule has 0 spiro atoms. The van der Waals surface area contributed by atoms with Gasteiger partial charge in [0.1, 0.15) is 5.69 Å². The van der Waals surface area contributed by atoms with E-state index in [-0.39, 0.29) is 17.5 Å². The number of piperidine rings is 1. The number of alkyl halides is 3. The van der Waals surface area contributed by atoms with Crippen LogP contribution < -0.4 is 10.2 Å². The average molecular weight is 425 g/mol. The van der Waals surface area contributed by atoms with Crippen LogP contribution in [0.5, 0.6) is 0 Å². The molecule has 0 atom stereocenters. The summed E-state index contributed by atoms with van der Waals surface area (Å²) in [6, 6.07) is 2.59. The molecule has 1 aliphatic carbocycles. The van der Waals surface area contributed by atoms with Crippen LogP contribution >= 0.6 is 0 Å². The molecule has 0 unspecified atom stereocenters. The van der Waals surface area contributed by atoms with E-state index in [0.29, 0.717) is 38.5 Å². The monoisotopic (exact) mass is 425 g/mol. The highest BCUT2D eigenvalue weighted by Crippen LogP contribution is 2.37. The van der Waals surface area contributed by atoms with Crippen molar-refractivity contribution in [3.63, 3.8) is 0 Å². The highest BCUT2D eigenvalue weighted by Gasteiger charge is 2.34. The number of carbonyl (C=O) groups excluding carboxylic acids is 1. The fourth-order valence-electron chi connectivity index (χ4n) is 4.12. The van der Waals surface area contributed by atoms with Gasteiger partial charge in [-0.2, -0.15) is 13.2 Å². The Kier molecular flexibility index (Phi) is 6.99. The maximum absolute atomic E-state index is 12.9. The van der Waals surface area contributed by atoms with Crippen molar-refractivity contribution in [2.24, 2.45) is 5.92 Å². The lowest BCUT2D eigenvalue weighted by Crippen LogP contribution is -2.41. The first kappa shape index (κ1) is 22.1. The van der Waals surface area contributed by atoms with E-state index in [0.717, 1.165) is 31.4 Å². The highest BCUT2D eigenvalue weighted by molar-refractivity contribution is 5.79. The van der Waals surface area contributed by atoms with Crippen molar-refractivity contribution in [2.75, 3.05) is 24.5 Å². The van der Waals surface area contributed by atoms with Gasteiger partial charge in [0.25, 0.3) is 5.69 Å². The summed E-state index contributed by atoms with van der Waals surface area (Å²) in [7, 11) is 0. The predicted octanol–water partition coefficient (Wildman–Crippen LogP) is 4.84. The number of allylic oxidation sites excluding steroid dienone is 1. The van der Waals surface area contributed by atoms with E-state index < -0.39 is 22.4 Å². The molecule has 30 heavy (non-hydrogen) atoms. The van der Waals surface area contributed by atoms with Gasteiger partial charge >= 0.3 is 6.18 Å². The van der Waals surface area contributed by atoms with E-state index >= 15 is 0 Å². The number of nitro groups is 1. The first-order chi connectivity index (χ1) is 14.3. The van der Waals surface area contributed by atoms with Crippen LogP contribution in [0.15, 0.2) is 29.8 Å². The van der Waals surface area contributed by atoms with Crippen LogP contribution in [0, 0.1) is 16.0 Å². The smallest absolute Gasteiger partial charge is 0.366 e. The fraction of sp³-hybridized carbons (Fsp3) is 0.571. The zero-order chi connectivity index (χ0) is 21.7. The molecule has 1 fully saturated rings. The van der Waals surface area contributed by atoms with Crippen molar-refractivity contribution < 1.29 is 22.9 Å². The van der Waals surface area contributed by atoms with Crippen molar-refractivity contribution in [1.29, 1.82) is 0 Å². The molecule has 0 aromatic heterocycles. The van der Waals surface area contributed by atoms with E-state index in [1.807, 2.05) is 0 Å². The first-order valence-corrected chi connectivity index (χ1v) is 10.3. The lowest BCUT2D eigenvalue weighted by atomic mass is 9.94. The van der Waals surface area contributed by atoms with Crippen molar-refractivity contribution in [2.45, 2.75) is 51.1 Å². The van der Waals surface area contributed by atoms with E-state index in [4.69, 9.17) is 0 Å². The molecule has 0 bridgehead atoms. The highest BCUT2D eigenvalue weighted by atomic mass is 19.4. The Labute approximate surface area is 173 Å². The van der Waals surface area contributed by atoms with E-state index in [1.54, 1.807) is 4.90 Å². The summed E-state index contributed by atoms with van der Waals surface area (Å²) in [4.78, 5) is 24.6. The third-order valence-corrected chi connectivity index (χ3v) is 5.84. The molecule has 1 heterocycles. The molecule has 0 saturated carbocycles. The lowest BCUT2D eigenvalue weighted by molar-refractivity contribution is -0.384. The third kappa shape index (κ3) is 5.52. The van der Waals surface area contributed by atoms with Crippen LogP contribution in [0.2, 0.25) is 0 Å². The number of hydrogen-bond donors (Lipinski definition) is 1. The number of nitro benzene ring substituents is 1. The molecule has 9 heteroatoms. The van der Waals surface area contributed by atoms with Gasteiger partial charge in [-0.3, -0.25) is 14.9 Å². The second-order valence-corrected chi connectivity index (χ2v) is 7.87. The van der Waals surface area contributed by atoms with Crippen LogP contribution in [0.1, 0.15) is 50.5 Å².